The number of halogens is 4. The first-order chi connectivity index (χ1) is 10.9. The van der Waals surface area contributed by atoms with Crippen LogP contribution in [0.25, 0.3) is 6.08 Å². The molecular weight excluding hydrogens is 345 g/mol. The van der Waals surface area contributed by atoms with E-state index in [1.54, 1.807) is 18.0 Å². The number of carbonyl (C=O) groups excluding carboxylic acids is 1. The van der Waals surface area contributed by atoms with Gasteiger partial charge in [0.1, 0.15) is 5.75 Å². The number of likely N-dealkylation sites (N-methyl/N-ethyl adjacent to an activating group) is 1. The first kappa shape index (κ1) is 20.3. The molecule has 0 bridgehead atoms. The van der Waals surface area contributed by atoms with Crippen molar-refractivity contribution in [3.8, 4) is 5.75 Å². The third-order valence-corrected chi connectivity index (χ3v) is 3.75. The van der Waals surface area contributed by atoms with Crippen molar-refractivity contribution in [1.29, 1.82) is 0 Å². The molecule has 0 saturated carbocycles. The highest BCUT2D eigenvalue weighted by atomic mass is 35.5. The Morgan fingerprint density at radius 1 is 1.29 bits per heavy atom. The maximum absolute atomic E-state index is 12.4. The molecule has 1 aliphatic heterocycles. The van der Waals surface area contributed by atoms with Gasteiger partial charge in [-0.1, -0.05) is 18.2 Å². The van der Waals surface area contributed by atoms with E-state index in [1.165, 1.54) is 30.4 Å². The minimum absolute atomic E-state index is 0. The first-order valence-electron chi connectivity index (χ1n) is 7.37. The quantitative estimate of drug-likeness (QED) is 0.834. The fourth-order valence-corrected chi connectivity index (χ4v) is 2.49. The van der Waals surface area contributed by atoms with Crippen molar-refractivity contribution in [3.63, 3.8) is 0 Å². The van der Waals surface area contributed by atoms with Crippen LogP contribution in [0.5, 0.6) is 5.75 Å². The number of para-hydroxylation sites is 1. The van der Waals surface area contributed by atoms with Gasteiger partial charge in [-0.3, -0.25) is 4.79 Å². The normalized spacial score (nSPS) is 15.8. The highest BCUT2D eigenvalue weighted by Gasteiger charge is 2.31. The molecular formula is C16H20ClF3N2O2. The van der Waals surface area contributed by atoms with Crippen LogP contribution in [0, 0.1) is 0 Å². The molecule has 0 aromatic heterocycles. The van der Waals surface area contributed by atoms with Crippen molar-refractivity contribution in [2.75, 3.05) is 20.1 Å². The smallest absolute Gasteiger partial charge is 0.405 e. The Morgan fingerprint density at radius 3 is 2.54 bits per heavy atom. The number of carbonyl (C=O) groups is 1. The molecule has 1 aromatic carbocycles. The van der Waals surface area contributed by atoms with E-state index >= 15 is 0 Å². The Balaban J connectivity index is 0.00000288. The summed E-state index contributed by atoms with van der Waals surface area (Å²) < 4.78 is 41.0. The lowest BCUT2D eigenvalue weighted by Gasteiger charge is -2.30. The van der Waals surface area contributed by atoms with Gasteiger partial charge in [0, 0.05) is 24.7 Å². The Hall–Kier alpha value is -1.73. The van der Waals surface area contributed by atoms with Crippen molar-refractivity contribution >= 4 is 24.4 Å². The summed E-state index contributed by atoms with van der Waals surface area (Å²) in [6.07, 6.45) is -0.408. The molecule has 1 aliphatic rings. The SMILES string of the molecule is CN(C(=O)/C=C/c1ccccc1OC(F)(F)F)C1CCNCC1.Cl. The minimum Gasteiger partial charge on any atom is -0.405 e. The number of piperidine rings is 1. The third-order valence-electron chi connectivity index (χ3n) is 3.75. The number of nitrogens with one attached hydrogen (secondary N) is 1. The lowest BCUT2D eigenvalue weighted by molar-refractivity contribution is -0.274. The lowest BCUT2D eigenvalue weighted by Crippen LogP contribution is -2.43. The molecule has 0 unspecified atom stereocenters. The molecule has 1 amide bonds. The molecule has 1 heterocycles. The van der Waals surface area contributed by atoms with E-state index in [4.69, 9.17) is 0 Å². The summed E-state index contributed by atoms with van der Waals surface area (Å²) in [6, 6.07) is 5.87. The second kappa shape index (κ2) is 8.94. The Kier molecular flexibility index (Phi) is 7.57. The average Bonchev–Trinajstić information content (AvgIpc) is 2.52. The van der Waals surface area contributed by atoms with Gasteiger partial charge in [-0.2, -0.15) is 0 Å². The number of ether oxygens (including phenoxy) is 1. The molecule has 0 atom stereocenters. The molecule has 4 nitrogen and oxygen atoms in total. The Labute approximate surface area is 145 Å². The van der Waals surface area contributed by atoms with Gasteiger partial charge in [-0.15, -0.1) is 25.6 Å². The van der Waals surface area contributed by atoms with E-state index in [0.717, 1.165) is 25.9 Å². The first-order valence-corrected chi connectivity index (χ1v) is 7.37. The molecule has 1 fully saturated rings. The van der Waals surface area contributed by atoms with E-state index in [9.17, 15) is 18.0 Å². The van der Waals surface area contributed by atoms with Crippen molar-refractivity contribution < 1.29 is 22.7 Å². The standard InChI is InChI=1S/C16H19F3N2O2.ClH/c1-21(13-8-10-20-11-9-13)15(22)7-6-12-4-2-3-5-14(12)23-16(17,18)19;/h2-7,13,20H,8-11H2,1H3;1H/b7-6+;. The zero-order chi connectivity index (χ0) is 16.9. The lowest BCUT2D eigenvalue weighted by atomic mass is 10.1. The number of hydrogen-bond acceptors (Lipinski definition) is 3. The molecule has 2 rings (SSSR count). The second-order valence-corrected chi connectivity index (χ2v) is 5.35. The fourth-order valence-electron chi connectivity index (χ4n) is 2.49. The topological polar surface area (TPSA) is 41.6 Å². The number of nitrogens with zero attached hydrogens (tertiary/aromatic N) is 1. The van der Waals surface area contributed by atoms with E-state index in [0.29, 0.717) is 0 Å². The van der Waals surface area contributed by atoms with Crippen LogP contribution in [-0.4, -0.2) is 43.3 Å². The van der Waals surface area contributed by atoms with Gasteiger partial charge in [-0.25, -0.2) is 0 Å². The van der Waals surface area contributed by atoms with Gasteiger partial charge < -0.3 is 15.0 Å². The summed E-state index contributed by atoms with van der Waals surface area (Å²) in [5.41, 5.74) is 0.205. The van der Waals surface area contributed by atoms with Crippen LogP contribution in [0.1, 0.15) is 18.4 Å². The molecule has 1 aromatic rings. The monoisotopic (exact) mass is 364 g/mol. The second-order valence-electron chi connectivity index (χ2n) is 5.35. The van der Waals surface area contributed by atoms with Crippen LogP contribution >= 0.6 is 12.4 Å². The predicted octanol–water partition coefficient (Wildman–Crippen LogP) is 3.23. The Morgan fingerprint density at radius 2 is 1.92 bits per heavy atom. The average molecular weight is 365 g/mol. The zero-order valence-electron chi connectivity index (χ0n) is 13.2. The van der Waals surface area contributed by atoms with E-state index in [1.807, 2.05) is 0 Å². The Bertz CT molecular complexity index is 573. The molecule has 1 N–H and O–H groups in total. The molecule has 8 heteroatoms. The van der Waals surface area contributed by atoms with Gasteiger partial charge >= 0.3 is 6.36 Å². The van der Waals surface area contributed by atoms with Crippen LogP contribution in [0.15, 0.2) is 30.3 Å². The molecule has 24 heavy (non-hydrogen) atoms. The summed E-state index contributed by atoms with van der Waals surface area (Å²) in [7, 11) is 1.71. The number of hydrogen-bond donors (Lipinski definition) is 1. The number of alkyl halides is 3. The molecule has 134 valence electrons. The van der Waals surface area contributed by atoms with Crippen molar-refractivity contribution in [2.24, 2.45) is 0 Å². The number of benzene rings is 1. The molecule has 0 radical (unpaired) electrons. The van der Waals surface area contributed by atoms with Gasteiger partial charge in [0.2, 0.25) is 5.91 Å². The summed E-state index contributed by atoms with van der Waals surface area (Å²) in [5, 5.41) is 3.22. The molecule has 0 aliphatic carbocycles. The van der Waals surface area contributed by atoms with Crippen LogP contribution in [-0.2, 0) is 4.79 Å². The van der Waals surface area contributed by atoms with Crippen LogP contribution in [0.4, 0.5) is 13.2 Å². The molecule has 0 spiro atoms. The largest absolute Gasteiger partial charge is 0.573 e. The predicted molar refractivity (Wildman–Crippen MR) is 88.1 cm³/mol. The van der Waals surface area contributed by atoms with Crippen molar-refractivity contribution in [1.82, 2.24) is 10.2 Å². The number of amides is 1. The van der Waals surface area contributed by atoms with Gasteiger partial charge in [0.05, 0.1) is 0 Å². The summed E-state index contributed by atoms with van der Waals surface area (Å²) in [6.45, 7) is 1.71. The van der Waals surface area contributed by atoms with Crippen LogP contribution in [0.3, 0.4) is 0 Å². The number of rotatable bonds is 4. The van der Waals surface area contributed by atoms with E-state index in [2.05, 4.69) is 10.1 Å². The third kappa shape index (κ3) is 6.05. The maximum atomic E-state index is 12.4. The van der Waals surface area contributed by atoms with Gasteiger partial charge in [0.25, 0.3) is 0 Å². The highest BCUT2D eigenvalue weighted by molar-refractivity contribution is 5.92. The van der Waals surface area contributed by atoms with Crippen molar-refractivity contribution in [2.45, 2.75) is 25.2 Å². The van der Waals surface area contributed by atoms with Gasteiger partial charge in [-0.05, 0) is 38.1 Å². The van der Waals surface area contributed by atoms with E-state index in [-0.39, 0.29) is 35.7 Å². The highest BCUT2D eigenvalue weighted by Crippen LogP contribution is 2.27. The summed E-state index contributed by atoms with van der Waals surface area (Å²) >= 11 is 0. The van der Waals surface area contributed by atoms with Crippen molar-refractivity contribution in [3.05, 3.63) is 35.9 Å². The van der Waals surface area contributed by atoms with Gasteiger partial charge in [0.15, 0.2) is 0 Å². The van der Waals surface area contributed by atoms with Crippen LogP contribution < -0.4 is 10.1 Å². The molecule has 1 saturated heterocycles. The summed E-state index contributed by atoms with van der Waals surface area (Å²) in [5.74, 6) is -0.563. The maximum Gasteiger partial charge on any atom is 0.573 e. The van der Waals surface area contributed by atoms with Crippen LogP contribution in [0.2, 0.25) is 0 Å². The minimum atomic E-state index is -4.76. The fraction of sp³-hybridized carbons (Fsp3) is 0.438. The summed E-state index contributed by atoms with van der Waals surface area (Å²) in [4.78, 5) is 13.8. The zero-order valence-corrected chi connectivity index (χ0v) is 14.0. The van der Waals surface area contributed by atoms with E-state index < -0.39 is 6.36 Å².